The van der Waals surface area contributed by atoms with Crippen LogP contribution in [0.3, 0.4) is 0 Å². The highest BCUT2D eigenvalue weighted by atomic mass is 16.3. The van der Waals surface area contributed by atoms with Crippen LogP contribution >= 0.6 is 0 Å². The maximum Gasteiger partial charge on any atom is 0.151 e. The smallest absolute Gasteiger partial charge is 0.151 e. The van der Waals surface area contributed by atoms with Crippen LogP contribution in [0.1, 0.15) is 17.7 Å². The Morgan fingerprint density at radius 2 is 1.91 bits per heavy atom. The monoisotopic (exact) mass is 298 g/mol. The number of aliphatic hydroxyl groups excluding tert-OH is 2. The highest BCUT2D eigenvalue weighted by Gasteiger charge is 2.14. The Bertz CT molecular complexity index is 781. The van der Waals surface area contributed by atoms with Crippen molar-refractivity contribution in [3.05, 3.63) is 47.9 Å². The van der Waals surface area contributed by atoms with Gasteiger partial charge < -0.3 is 15.9 Å². The summed E-state index contributed by atoms with van der Waals surface area (Å²) in [5.41, 5.74) is 10.6. The second kappa shape index (κ2) is 6.13. The van der Waals surface area contributed by atoms with E-state index in [4.69, 9.17) is 15.9 Å². The molecule has 0 aliphatic rings. The van der Waals surface area contributed by atoms with Crippen molar-refractivity contribution in [2.75, 3.05) is 12.3 Å². The summed E-state index contributed by atoms with van der Waals surface area (Å²) in [5, 5.41) is 22.5. The zero-order chi connectivity index (χ0) is 15.5. The van der Waals surface area contributed by atoms with Gasteiger partial charge in [-0.15, -0.1) is 0 Å². The van der Waals surface area contributed by atoms with E-state index in [9.17, 15) is 0 Å². The highest BCUT2D eigenvalue weighted by Crippen LogP contribution is 2.30. The van der Waals surface area contributed by atoms with Crippen molar-refractivity contribution in [3.63, 3.8) is 0 Å². The van der Waals surface area contributed by atoms with E-state index in [0.29, 0.717) is 18.7 Å². The van der Waals surface area contributed by atoms with Gasteiger partial charge in [0.25, 0.3) is 0 Å². The van der Waals surface area contributed by atoms with Crippen LogP contribution in [0.15, 0.2) is 36.7 Å². The Kier molecular flexibility index (Phi) is 4.04. The second-order valence-corrected chi connectivity index (χ2v) is 5.14. The lowest BCUT2D eigenvalue weighted by atomic mass is 10.0. The molecule has 0 aliphatic carbocycles. The van der Waals surface area contributed by atoms with Crippen LogP contribution in [-0.4, -0.2) is 31.4 Å². The Labute approximate surface area is 127 Å². The normalized spacial score (nSPS) is 11.2. The van der Waals surface area contributed by atoms with Crippen LogP contribution in [0.25, 0.3) is 16.6 Å². The standard InChI is InChI=1S/C16H18N4O2/c17-16-15-14(12-5-3-11(9-22)4-6-12)8-13(2-1-7-21)20(15)19-10-18-16/h3-6,8,10,21-22H,1-2,7,9H2,(H2,17,18,19). The number of nitrogen functional groups attached to an aromatic ring is 1. The molecule has 0 radical (unpaired) electrons. The Morgan fingerprint density at radius 3 is 2.59 bits per heavy atom. The average Bonchev–Trinajstić information content (AvgIpc) is 2.93. The fraction of sp³-hybridized carbons (Fsp3) is 0.250. The van der Waals surface area contributed by atoms with Gasteiger partial charge in [0.15, 0.2) is 5.82 Å². The lowest BCUT2D eigenvalue weighted by molar-refractivity contribution is 0.282. The van der Waals surface area contributed by atoms with E-state index < -0.39 is 0 Å². The van der Waals surface area contributed by atoms with Crippen LogP contribution in [0.2, 0.25) is 0 Å². The maximum absolute atomic E-state index is 9.15. The Hall–Kier alpha value is -2.44. The van der Waals surface area contributed by atoms with Crippen molar-refractivity contribution in [2.45, 2.75) is 19.4 Å². The molecule has 0 spiro atoms. The van der Waals surface area contributed by atoms with Crippen molar-refractivity contribution >= 4 is 11.3 Å². The number of hydrogen-bond acceptors (Lipinski definition) is 5. The fourth-order valence-electron chi connectivity index (χ4n) is 2.58. The molecule has 0 saturated heterocycles. The van der Waals surface area contributed by atoms with Gasteiger partial charge in [0, 0.05) is 17.9 Å². The Morgan fingerprint density at radius 1 is 1.14 bits per heavy atom. The highest BCUT2D eigenvalue weighted by molar-refractivity contribution is 5.88. The SMILES string of the molecule is Nc1ncnn2c(CCCO)cc(-c3ccc(CO)cc3)c12. The molecular formula is C16H18N4O2. The molecule has 6 heteroatoms. The third-order valence-electron chi connectivity index (χ3n) is 3.70. The minimum atomic E-state index is 0.0176. The first-order valence-electron chi connectivity index (χ1n) is 7.16. The lowest BCUT2D eigenvalue weighted by Crippen LogP contribution is -2.02. The van der Waals surface area contributed by atoms with E-state index in [1.807, 2.05) is 30.3 Å². The number of aliphatic hydroxyl groups is 2. The van der Waals surface area contributed by atoms with Gasteiger partial charge in [-0.1, -0.05) is 24.3 Å². The van der Waals surface area contributed by atoms with Crippen molar-refractivity contribution in [3.8, 4) is 11.1 Å². The third-order valence-corrected chi connectivity index (χ3v) is 3.70. The maximum atomic E-state index is 9.15. The van der Waals surface area contributed by atoms with Crippen LogP contribution in [0, 0.1) is 0 Å². The molecule has 0 aliphatic heterocycles. The van der Waals surface area contributed by atoms with E-state index in [2.05, 4.69) is 10.1 Å². The topological polar surface area (TPSA) is 96.7 Å². The summed E-state index contributed by atoms with van der Waals surface area (Å²) >= 11 is 0. The first-order chi connectivity index (χ1) is 10.7. The minimum Gasteiger partial charge on any atom is -0.396 e. The van der Waals surface area contributed by atoms with Crippen molar-refractivity contribution in [2.24, 2.45) is 0 Å². The number of benzene rings is 1. The molecular weight excluding hydrogens is 280 g/mol. The van der Waals surface area contributed by atoms with Crippen LogP contribution < -0.4 is 5.73 Å². The van der Waals surface area contributed by atoms with Crippen molar-refractivity contribution < 1.29 is 10.2 Å². The van der Waals surface area contributed by atoms with Crippen LogP contribution in [0.4, 0.5) is 5.82 Å². The predicted molar refractivity (Wildman–Crippen MR) is 84.2 cm³/mol. The average molecular weight is 298 g/mol. The van der Waals surface area contributed by atoms with Gasteiger partial charge in [0.1, 0.15) is 11.8 Å². The molecule has 4 N–H and O–H groups in total. The summed E-state index contributed by atoms with van der Waals surface area (Å²) < 4.78 is 1.79. The van der Waals surface area contributed by atoms with E-state index >= 15 is 0 Å². The molecule has 0 unspecified atom stereocenters. The zero-order valence-corrected chi connectivity index (χ0v) is 12.1. The van der Waals surface area contributed by atoms with Gasteiger partial charge in [-0.05, 0) is 30.0 Å². The molecule has 0 amide bonds. The number of aryl methyl sites for hydroxylation is 1. The molecule has 2 heterocycles. The molecule has 0 bridgehead atoms. The second-order valence-electron chi connectivity index (χ2n) is 5.14. The number of aromatic nitrogens is 3. The van der Waals surface area contributed by atoms with Crippen molar-refractivity contribution in [1.82, 2.24) is 14.6 Å². The first kappa shape index (κ1) is 14.5. The lowest BCUT2D eigenvalue weighted by Gasteiger charge is -2.04. The summed E-state index contributed by atoms with van der Waals surface area (Å²) in [5.74, 6) is 0.423. The molecule has 6 nitrogen and oxygen atoms in total. The van der Waals surface area contributed by atoms with E-state index in [1.54, 1.807) is 4.52 Å². The summed E-state index contributed by atoms with van der Waals surface area (Å²) in [7, 11) is 0. The summed E-state index contributed by atoms with van der Waals surface area (Å²) in [6.45, 7) is 0.151. The van der Waals surface area contributed by atoms with E-state index in [1.165, 1.54) is 6.33 Å². The predicted octanol–water partition coefficient (Wildman–Crippen LogP) is 1.40. The number of nitrogens with two attached hydrogens (primary N) is 1. The number of rotatable bonds is 5. The molecule has 114 valence electrons. The number of hydrogen-bond donors (Lipinski definition) is 3. The molecule has 22 heavy (non-hydrogen) atoms. The zero-order valence-electron chi connectivity index (χ0n) is 12.1. The van der Waals surface area contributed by atoms with Gasteiger partial charge >= 0.3 is 0 Å². The van der Waals surface area contributed by atoms with Gasteiger partial charge in [-0.25, -0.2) is 9.50 Å². The van der Waals surface area contributed by atoms with Crippen LogP contribution in [0.5, 0.6) is 0 Å². The summed E-state index contributed by atoms with van der Waals surface area (Å²) in [6, 6.07) is 9.69. The molecule has 0 fully saturated rings. The Balaban J connectivity index is 2.15. The van der Waals surface area contributed by atoms with Crippen LogP contribution in [-0.2, 0) is 13.0 Å². The van der Waals surface area contributed by atoms with Crippen molar-refractivity contribution in [1.29, 1.82) is 0 Å². The first-order valence-corrected chi connectivity index (χ1v) is 7.16. The molecule has 0 saturated carbocycles. The summed E-state index contributed by atoms with van der Waals surface area (Å²) in [4.78, 5) is 4.08. The molecule has 3 aromatic rings. The molecule has 2 aromatic heterocycles. The number of anilines is 1. The summed E-state index contributed by atoms with van der Waals surface area (Å²) in [6.07, 6.45) is 2.81. The largest absolute Gasteiger partial charge is 0.396 e. The fourth-order valence-corrected chi connectivity index (χ4v) is 2.58. The van der Waals surface area contributed by atoms with Gasteiger partial charge in [-0.3, -0.25) is 0 Å². The quantitative estimate of drug-likeness (QED) is 0.661. The van der Waals surface area contributed by atoms with E-state index in [-0.39, 0.29) is 13.2 Å². The van der Waals surface area contributed by atoms with Gasteiger partial charge in [0.2, 0.25) is 0 Å². The number of fused-ring (bicyclic) bond motifs is 1. The minimum absolute atomic E-state index is 0.0176. The molecule has 1 aromatic carbocycles. The van der Waals surface area contributed by atoms with Gasteiger partial charge in [0.05, 0.1) is 6.61 Å². The molecule has 0 atom stereocenters. The third kappa shape index (κ3) is 2.54. The van der Waals surface area contributed by atoms with Gasteiger partial charge in [-0.2, -0.15) is 5.10 Å². The van der Waals surface area contributed by atoms with E-state index in [0.717, 1.165) is 27.9 Å². The molecule has 3 rings (SSSR count). The number of nitrogens with zero attached hydrogens (tertiary/aromatic N) is 3.